The summed E-state index contributed by atoms with van der Waals surface area (Å²) in [5.74, 6) is 1.27. The van der Waals surface area contributed by atoms with Crippen LogP contribution >= 0.6 is 0 Å². The summed E-state index contributed by atoms with van der Waals surface area (Å²) in [4.78, 5) is 12.8. The molecule has 2 aliphatic carbocycles. The molecule has 0 radical (unpaired) electrons. The van der Waals surface area contributed by atoms with Crippen molar-refractivity contribution in [3.63, 3.8) is 0 Å². The second kappa shape index (κ2) is 3.70. The molecule has 3 rings (SSSR count). The van der Waals surface area contributed by atoms with E-state index in [1.165, 1.54) is 0 Å². The predicted molar refractivity (Wildman–Crippen MR) is 67.5 cm³/mol. The fourth-order valence-corrected chi connectivity index (χ4v) is 3.85. The minimum atomic E-state index is -0.431. The number of carbonyl (C=O) groups is 1. The predicted octanol–water partition coefficient (Wildman–Crippen LogP) is 2.74. The average molecular weight is 248 g/mol. The second-order valence-electron chi connectivity index (χ2n) is 6.19. The van der Waals surface area contributed by atoms with Crippen molar-refractivity contribution in [1.29, 1.82) is 0 Å². The van der Waals surface area contributed by atoms with Crippen molar-refractivity contribution in [3.8, 4) is 0 Å². The summed E-state index contributed by atoms with van der Waals surface area (Å²) in [6, 6.07) is 0. The minimum Gasteiger partial charge on any atom is -0.468 e. The molecule has 3 heteroatoms. The molecule has 18 heavy (non-hydrogen) atoms. The minimum absolute atomic E-state index is 0.00630. The van der Waals surface area contributed by atoms with Crippen LogP contribution in [0.4, 0.5) is 0 Å². The molecule has 2 aliphatic rings. The van der Waals surface area contributed by atoms with Crippen LogP contribution in [0.1, 0.15) is 48.4 Å². The van der Waals surface area contributed by atoms with Crippen LogP contribution in [0.25, 0.3) is 0 Å². The zero-order chi connectivity index (χ0) is 13.1. The number of rotatable bonds is 0. The normalized spacial score (nSPS) is 39.3. The largest absolute Gasteiger partial charge is 0.468 e. The third kappa shape index (κ3) is 1.31. The van der Waals surface area contributed by atoms with Gasteiger partial charge in [-0.05, 0) is 31.2 Å². The molecule has 1 N–H and O–H groups in total. The zero-order valence-corrected chi connectivity index (χ0v) is 11.2. The van der Waals surface area contributed by atoms with Gasteiger partial charge in [0.1, 0.15) is 5.76 Å². The maximum atomic E-state index is 12.8. The molecule has 4 atom stereocenters. The van der Waals surface area contributed by atoms with E-state index >= 15 is 0 Å². The Hall–Kier alpha value is -1.09. The van der Waals surface area contributed by atoms with Crippen LogP contribution in [0.3, 0.4) is 0 Å². The smallest absolute Gasteiger partial charge is 0.173 e. The number of aliphatic hydroxyl groups excluding tert-OH is 1. The number of aliphatic hydroxyl groups is 1. The monoisotopic (exact) mass is 248 g/mol. The SMILES string of the molecule is Cc1coc2c1C(=O)[C@]1(C)[C@@H](C)CC[C@H](O)[C@@H]1C2. The van der Waals surface area contributed by atoms with E-state index in [4.69, 9.17) is 4.42 Å². The van der Waals surface area contributed by atoms with E-state index in [-0.39, 0.29) is 17.8 Å². The highest BCUT2D eigenvalue weighted by Gasteiger charge is 2.55. The Kier molecular flexibility index (Phi) is 2.46. The fraction of sp³-hybridized carbons (Fsp3) is 0.667. The molecule has 1 fully saturated rings. The van der Waals surface area contributed by atoms with Gasteiger partial charge >= 0.3 is 0 Å². The first-order valence-corrected chi connectivity index (χ1v) is 6.76. The summed E-state index contributed by atoms with van der Waals surface area (Å²) >= 11 is 0. The van der Waals surface area contributed by atoms with Crippen molar-refractivity contribution >= 4 is 5.78 Å². The number of hydrogen-bond donors (Lipinski definition) is 1. The van der Waals surface area contributed by atoms with Crippen LogP contribution < -0.4 is 0 Å². The quantitative estimate of drug-likeness (QED) is 0.768. The van der Waals surface area contributed by atoms with Gasteiger partial charge < -0.3 is 9.52 Å². The van der Waals surface area contributed by atoms with Gasteiger partial charge in [0.15, 0.2) is 5.78 Å². The lowest BCUT2D eigenvalue weighted by Gasteiger charge is -2.49. The molecule has 1 saturated carbocycles. The van der Waals surface area contributed by atoms with Gasteiger partial charge in [0.05, 0.1) is 17.9 Å². The van der Waals surface area contributed by atoms with E-state index in [9.17, 15) is 9.90 Å². The van der Waals surface area contributed by atoms with Crippen molar-refractivity contribution in [2.45, 2.75) is 46.1 Å². The van der Waals surface area contributed by atoms with E-state index in [0.29, 0.717) is 12.3 Å². The molecule has 1 heterocycles. The van der Waals surface area contributed by atoms with Crippen LogP contribution in [0.5, 0.6) is 0 Å². The number of carbonyl (C=O) groups excluding carboxylic acids is 1. The number of fused-ring (bicyclic) bond motifs is 2. The van der Waals surface area contributed by atoms with Crippen LogP contribution in [0.15, 0.2) is 10.7 Å². The first-order valence-electron chi connectivity index (χ1n) is 6.76. The molecule has 0 aliphatic heterocycles. The van der Waals surface area contributed by atoms with Gasteiger partial charge in [0.2, 0.25) is 0 Å². The Bertz CT molecular complexity index is 502. The summed E-state index contributed by atoms with van der Waals surface area (Å²) in [6.45, 7) is 6.09. The summed E-state index contributed by atoms with van der Waals surface area (Å²) in [6.07, 6.45) is 3.70. The lowest BCUT2D eigenvalue weighted by atomic mass is 9.54. The highest BCUT2D eigenvalue weighted by atomic mass is 16.3. The van der Waals surface area contributed by atoms with Crippen molar-refractivity contribution in [2.75, 3.05) is 0 Å². The van der Waals surface area contributed by atoms with Gasteiger partial charge in [-0.1, -0.05) is 13.8 Å². The van der Waals surface area contributed by atoms with Crippen LogP contribution in [0, 0.1) is 24.2 Å². The Morgan fingerprint density at radius 3 is 2.89 bits per heavy atom. The van der Waals surface area contributed by atoms with Gasteiger partial charge in [-0.15, -0.1) is 0 Å². The molecule has 0 saturated heterocycles. The zero-order valence-electron chi connectivity index (χ0n) is 11.2. The summed E-state index contributed by atoms with van der Waals surface area (Å²) in [5, 5.41) is 10.2. The molecular formula is C15H20O3. The first kappa shape index (κ1) is 12.0. The molecule has 0 unspecified atom stereocenters. The Balaban J connectivity index is 2.15. The highest BCUT2D eigenvalue weighted by Crippen LogP contribution is 2.52. The molecule has 0 spiro atoms. The van der Waals surface area contributed by atoms with E-state index < -0.39 is 5.41 Å². The summed E-state index contributed by atoms with van der Waals surface area (Å²) in [5.41, 5.74) is 1.27. The summed E-state index contributed by atoms with van der Waals surface area (Å²) < 4.78 is 5.50. The van der Waals surface area contributed by atoms with Gasteiger partial charge in [0.25, 0.3) is 0 Å². The van der Waals surface area contributed by atoms with E-state index in [1.54, 1.807) is 6.26 Å². The van der Waals surface area contributed by atoms with E-state index in [1.807, 2.05) is 13.8 Å². The van der Waals surface area contributed by atoms with Crippen LogP contribution in [-0.2, 0) is 6.42 Å². The molecule has 1 aromatic rings. The van der Waals surface area contributed by atoms with Crippen LogP contribution in [-0.4, -0.2) is 17.0 Å². The third-order valence-corrected chi connectivity index (χ3v) is 5.33. The number of hydrogen-bond acceptors (Lipinski definition) is 3. The molecule has 1 aromatic heterocycles. The molecule has 0 amide bonds. The number of ketones is 1. The van der Waals surface area contributed by atoms with Gasteiger partial charge in [-0.2, -0.15) is 0 Å². The third-order valence-electron chi connectivity index (χ3n) is 5.33. The first-order chi connectivity index (χ1) is 8.46. The lowest BCUT2D eigenvalue weighted by molar-refractivity contribution is -0.0414. The Morgan fingerprint density at radius 1 is 1.44 bits per heavy atom. The van der Waals surface area contributed by atoms with Gasteiger partial charge in [-0.25, -0.2) is 0 Å². The molecular weight excluding hydrogens is 228 g/mol. The van der Waals surface area contributed by atoms with E-state index in [0.717, 1.165) is 29.7 Å². The fourth-order valence-electron chi connectivity index (χ4n) is 3.85. The van der Waals surface area contributed by atoms with Crippen molar-refractivity contribution in [3.05, 3.63) is 23.2 Å². The summed E-state index contributed by atoms with van der Waals surface area (Å²) in [7, 11) is 0. The van der Waals surface area contributed by atoms with Crippen LogP contribution in [0.2, 0.25) is 0 Å². The maximum absolute atomic E-state index is 12.8. The molecule has 0 bridgehead atoms. The Morgan fingerprint density at radius 2 is 2.17 bits per heavy atom. The maximum Gasteiger partial charge on any atom is 0.173 e. The van der Waals surface area contributed by atoms with Crippen molar-refractivity contribution in [2.24, 2.45) is 17.3 Å². The number of aryl methyl sites for hydroxylation is 1. The molecule has 0 aromatic carbocycles. The lowest BCUT2D eigenvalue weighted by Crippen LogP contribution is -2.53. The van der Waals surface area contributed by atoms with Crippen molar-refractivity contribution in [1.82, 2.24) is 0 Å². The van der Waals surface area contributed by atoms with E-state index in [2.05, 4.69) is 6.92 Å². The number of Topliss-reactive ketones (excluding diaryl/α,β-unsaturated/α-hetero) is 1. The van der Waals surface area contributed by atoms with Gasteiger partial charge in [0, 0.05) is 17.8 Å². The average Bonchev–Trinajstić information content (AvgIpc) is 2.70. The number of furan rings is 1. The molecule has 98 valence electrons. The topological polar surface area (TPSA) is 50.4 Å². The standard InChI is InChI=1S/C15H20O3/c1-8-7-18-12-6-10-11(16)5-4-9(2)15(10,3)14(17)13(8)12/h7,9-11,16H,4-6H2,1-3H3/t9-,10-,11-,15+/m0/s1. The highest BCUT2D eigenvalue weighted by molar-refractivity contribution is 6.03. The second-order valence-corrected chi connectivity index (χ2v) is 6.19. The Labute approximate surface area is 107 Å². The molecule has 3 nitrogen and oxygen atoms in total. The van der Waals surface area contributed by atoms with Gasteiger partial charge in [-0.3, -0.25) is 4.79 Å². The van der Waals surface area contributed by atoms with Crippen molar-refractivity contribution < 1.29 is 14.3 Å².